The van der Waals surface area contributed by atoms with Gasteiger partial charge >= 0.3 is 0 Å². The van der Waals surface area contributed by atoms with Crippen molar-refractivity contribution >= 4 is 45.5 Å². The SMILES string of the molecule is Cc1cc(Nc2ncnc3ccc(NC4=NCC5(CCOCC5)O4)cc23)ccc1OCc1nccs1. The van der Waals surface area contributed by atoms with E-state index in [0.717, 1.165) is 57.3 Å². The standard InChI is InChI=1S/C26H26N6O3S/c1-17-12-18(3-5-22(17)34-14-23-27-8-11-36-23)31-24-20-13-19(2-4-21(20)29-16-30-24)32-25-28-15-26(35-25)6-9-33-10-7-26/h2-5,8,11-13,16H,6-7,9-10,14-15H2,1H3,(H,28,32)(H,29,30,31). The predicted octanol–water partition coefficient (Wildman–Crippen LogP) is 5.06. The average Bonchev–Trinajstić information content (AvgIpc) is 3.55. The van der Waals surface area contributed by atoms with E-state index in [0.29, 0.717) is 32.4 Å². The van der Waals surface area contributed by atoms with Gasteiger partial charge in [0.2, 0.25) is 0 Å². The van der Waals surface area contributed by atoms with Crippen LogP contribution in [0.3, 0.4) is 0 Å². The van der Waals surface area contributed by atoms with Crippen LogP contribution in [0.4, 0.5) is 17.2 Å². The lowest BCUT2D eigenvalue weighted by Crippen LogP contribution is -2.40. The molecule has 1 fully saturated rings. The van der Waals surface area contributed by atoms with E-state index in [1.54, 1.807) is 23.9 Å². The molecule has 9 nitrogen and oxygen atoms in total. The molecule has 2 N–H and O–H groups in total. The minimum Gasteiger partial charge on any atom is -0.486 e. The van der Waals surface area contributed by atoms with Gasteiger partial charge in [0.25, 0.3) is 6.02 Å². The van der Waals surface area contributed by atoms with Crippen LogP contribution in [-0.2, 0) is 16.1 Å². The predicted molar refractivity (Wildman–Crippen MR) is 140 cm³/mol. The number of nitrogens with zero attached hydrogens (tertiary/aromatic N) is 4. The Morgan fingerprint density at radius 2 is 1.89 bits per heavy atom. The number of thiazole rings is 1. The quantitative estimate of drug-likeness (QED) is 0.377. The second-order valence-electron chi connectivity index (χ2n) is 8.92. The maximum absolute atomic E-state index is 6.20. The normalized spacial score (nSPS) is 16.5. The van der Waals surface area contributed by atoms with Crippen LogP contribution in [0.2, 0.25) is 0 Å². The van der Waals surface area contributed by atoms with Crippen LogP contribution >= 0.6 is 11.3 Å². The first kappa shape index (κ1) is 22.7. The Labute approximate surface area is 212 Å². The van der Waals surface area contributed by atoms with Crippen molar-refractivity contribution in [1.29, 1.82) is 0 Å². The van der Waals surface area contributed by atoms with Gasteiger partial charge in [-0.2, -0.15) is 0 Å². The van der Waals surface area contributed by atoms with Gasteiger partial charge in [-0.25, -0.2) is 19.9 Å². The number of hydrogen-bond acceptors (Lipinski definition) is 10. The third-order valence-corrected chi connectivity index (χ3v) is 7.14. The van der Waals surface area contributed by atoms with Gasteiger partial charge < -0.3 is 24.8 Å². The third-order valence-electron chi connectivity index (χ3n) is 6.39. The Morgan fingerprint density at radius 3 is 2.72 bits per heavy atom. The number of aryl methyl sites for hydroxylation is 1. The number of hydrogen-bond donors (Lipinski definition) is 2. The van der Waals surface area contributed by atoms with Crippen molar-refractivity contribution in [2.75, 3.05) is 30.4 Å². The van der Waals surface area contributed by atoms with Gasteiger partial charge in [-0.1, -0.05) is 0 Å². The molecule has 10 heteroatoms. The third kappa shape index (κ3) is 4.82. The Kier molecular flexibility index (Phi) is 6.12. The van der Waals surface area contributed by atoms with Gasteiger partial charge in [0, 0.05) is 41.2 Å². The van der Waals surface area contributed by atoms with Gasteiger partial charge in [0.05, 0.1) is 25.3 Å². The van der Waals surface area contributed by atoms with Crippen LogP contribution in [-0.4, -0.2) is 46.3 Å². The summed E-state index contributed by atoms with van der Waals surface area (Å²) in [5.41, 5.74) is 3.41. The molecule has 2 aromatic carbocycles. The number of anilines is 3. The summed E-state index contributed by atoms with van der Waals surface area (Å²) in [6.07, 6.45) is 5.06. The monoisotopic (exact) mass is 502 g/mol. The van der Waals surface area contributed by atoms with Crippen molar-refractivity contribution in [1.82, 2.24) is 15.0 Å². The maximum atomic E-state index is 6.20. The summed E-state index contributed by atoms with van der Waals surface area (Å²) in [5, 5.41) is 10.5. The molecule has 4 aromatic rings. The highest BCUT2D eigenvalue weighted by atomic mass is 32.1. The van der Waals surface area contributed by atoms with Gasteiger partial charge in [-0.3, -0.25) is 0 Å². The van der Waals surface area contributed by atoms with Crippen molar-refractivity contribution in [2.45, 2.75) is 32.0 Å². The van der Waals surface area contributed by atoms with E-state index < -0.39 is 0 Å². The first-order valence-corrected chi connectivity index (χ1v) is 12.8. The molecule has 184 valence electrons. The summed E-state index contributed by atoms with van der Waals surface area (Å²) in [6, 6.07) is 12.5. The van der Waals surface area contributed by atoms with Crippen molar-refractivity contribution in [3.8, 4) is 5.75 Å². The summed E-state index contributed by atoms with van der Waals surface area (Å²) in [7, 11) is 0. The fourth-order valence-corrected chi connectivity index (χ4v) is 4.93. The average molecular weight is 503 g/mol. The van der Waals surface area contributed by atoms with E-state index in [9.17, 15) is 0 Å². The number of aromatic nitrogens is 3. The molecular formula is C26H26N6O3S. The summed E-state index contributed by atoms with van der Waals surface area (Å²) in [6.45, 7) is 4.57. The number of ether oxygens (including phenoxy) is 3. The Balaban J connectivity index is 1.17. The molecule has 0 saturated carbocycles. The number of aliphatic imine (C=N–C) groups is 1. The van der Waals surface area contributed by atoms with E-state index >= 15 is 0 Å². The Hall–Kier alpha value is -3.76. The van der Waals surface area contributed by atoms with E-state index in [4.69, 9.17) is 14.2 Å². The van der Waals surface area contributed by atoms with Crippen molar-refractivity contribution in [3.05, 3.63) is 64.9 Å². The maximum Gasteiger partial charge on any atom is 0.289 e. The lowest BCUT2D eigenvalue weighted by Gasteiger charge is -2.31. The number of amidine groups is 1. The zero-order chi connectivity index (χ0) is 24.4. The molecule has 0 aliphatic carbocycles. The molecule has 1 spiro atoms. The molecule has 2 aliphatic heterocycles. The Bertz CT molecular complexity index is 1400. The fourth-order valence-electron chi connectivity index (χ4n) is 4.40. The second kappa shape index (κ2) is 9.71. The van der Waals surface area contributed by atoms with Crippen molar-refractivity contribution in [3.63, 3.8) is 0 Å². The summed E-state index contributed by atoms with van der Waals surface area (Å²) in [4.78, 5) is 17.8. The molecule has 2 aliphatic rings. The Morgan fingerprint density at radius 1 is 1.03 bits per heavy atom. The minimum absolute atomic E-state index is 0.235. The van der Waals surface area contributed by atoms with Gasteiger partial charge in [0.1, 0.15) is 35.1 Å². The largest absolute Gasteiger partial charge is 0.486 e. The van der Waals surface area contributed by atoms with Crippen LogP contribution in [0, 0.1) is 6.92 Å². The van der Waals surface area contributed by atoms with Gasteiger partial charge in [0.15, 0.2) is 0 Å². The van der Waals surface area contributed by atoms with E-state index in [2.05, 4.69) is 30.6 Å². The summed E-state index contributed by atoms with van der Waals surface area (Å²) >= 11 is 1.58. The van der Waals surface area contributed by atoms with Crippen molar-refractivity contribution < 1.29 is 14.2 Å². The lowest BCUT2D eigenvalue weighted by atomic mass is 9.95. The highest BCUT2D eigenvalue weighted by Gasteiger charge is 2.39. The summed E-state index contributed by atoms with van der Waals surface area (Å²) in [5.74, 6) is 1.55. The molecule has 6 rings (SSSR count). The van der Waals surface area contributed by atoms with Crippen molar-refractivity contribution in [2.24, 2.45) is 4.99 Å². The van der Waals surface area contributed by atoms with Gasteiger partial charge in [-0.15, -0.1) is 11.3 Å². The zero-order valence-corrected chi connectivity index (χ0v) is 20.7. The van der Waals surface area contributed by atoms with E-state index in [1.807, 2.05) is 48.7 Å². The topological polar surface area (TPSA) is 103 Å². The molecule has 0 amide bonds. The summed E-state index contributed by atoms with van der Waals surface area (Å²) < 4.78 is 17.6. The second-order valence-corrected chi connectivity index (χ2v) is 9.90. The van der Waals surface area contributed by atoms with Crippen LogP contribution in [0.5, 0.6) is 5.75 Å². The first-order chi connectivity index (χ1) is 17.7. The van der Waals surface area contributed by atoms with Crippen LogP contribution < -0.4 is 15.4 Å². The lowest BCUT2D eigenvalue weighted by molar-refractivity contribution is -0.0361. The molecular weight excluding hydrogens is 476 g/mol. The number of benzene rings is 2. The number of fused-ring (bicyclic) bond motifs is 1. The highest BCUT2D eigenvalue weighted by Crippen LogP contribution is 2.32. The molecule has 36 heavy (non-hydrogen) atoms. The molecule has 4 heterocycles. The molecule has 2 aromatic heterocycles. The smallest absolute Gasteiger partial charge is 0.289 e. The van der Waals surface area contributed by atoms with E-state index in [-0.39, 0.29) is 5.60 Å². The van der Waals surface area contributed by atoms with Crippen LogP contribution in [0.1, 0.15) is 23.4 Å². The molecule has 1 saturated heterocycles. The number of rotatable bonds is 6. The van der Waals surface area contributed by atoms with Crippen LogP contribution in [0.25, 0.3) is 10.9 Å². The zero-order valence-electron chi connectivity index (χ0n) is 19.9. The minimum atomic E-state index is -0.235. The van der Waals surface area contributed by atoms with E-state index in [1.165, 1.54) is 0 Å². The molecule has 0 unspecified atom stereocenters. The fraction of sp³-hybridized carbons (Fsp3) is 0.308. The highest BCUT2D eigenvalue weighted by molar-refractivity contribution is 7.09. The van der Waals surface area contributed by atoms with Crippen LogP contribution in [0.15, 0.2) is 59.3 Å². The molecule has 0 atom stereocenters. The number of nitrogens with one attached hydrogen (secondary N) is 2. The molecule has 0 bridgehead atoms. The first-order valence-electron chi connectivity index (χ1n) is 11.9. The molecule has 0 radical (unpaired) electrons. The van der Waals surface area contributed by atoms with Gasteiger partial charge in [-0.05, 0) is 48.9 Å².